The molecule has 1 aromatic rings. The number of aliphatic carboxylic acids is 1. The molecular weight excluding hydrogens is 292 g/mol. The molecule has 1 aromatic carbocycles. The molecule has 0 aromatic heterocycles. The molecule has 1 fully saturated rings. The van der Waals surface area contributed by atoms with E-state index in [1.165, 1.54) is 0 Å². The Labute approximate surface area is 128 Å². The summed E-state index contributed by atoms with van der Waals surface area (Å²) >= 11 is 5.80. The second kappa shape index (κ2) is 6.80. The zero-order valence-corrected chi connectivity index (χ0v) is 12.4. The molecule has 1 aliphatic rings. The van der Waals surface area contributed by atoms with E-state index in [-0.39, 0.29) is 12.5 Å². The molecule has 0 atom stereocenters. The molecule has 21 heavy (non-hydrogen) atoms. The number of carbonyl (C=O) groups excluding carboxylic acids is 1. The van der Waals surface area contributed by atoms with Crippen molar-refractivity contribution in [2.45, 2.75) is 44.2 Å². The normalized spacial score (nSPS) is 16.4. The van der Waals surface area contributed by atoms with Gasteiger partial charge in [-0.05, 0) is 30.5 Å². The summed E-state index contributed by atoms with van der Waals surface area (Å²) in [7, 11) is 0. The van der Waals surface area contributed by atoms with E-state index in [1.807, 2.05) is 12.1 Å². The van der Waals surface area contributed by atoms with Crippen molar-refractivity contribution < 1.29 is 14.7 Å². The number of urea groups is 1. The van der Waals surface area contributed by atoms with Gasteiger partial charge in [0.25, 0.3) is 0 Å². The first-order valence-corrected chi connectivity index (χ1v) is 7.39. The minimum atomic E-state index is -0.880. The topological polar surface area (TPSA) is 78.4 Å². The van der Waals surface area contributed by atoms with Crippen LogP contribution in [0, 0.1) is 0 Å². The van der Waals surface area contributed by atoms with Crippen LogP contribution in [0.15, 0.2) is 24.3 Å². The molecule has 0 unspecified atom stereocenters. The van der Waals surface area contributed by atoms with Gasteiger partial charge in [0.15, 0.2) is 0 Å². The average molecular weight is 311 g/mol. The number of carboxylic acids is 1. The molecule has 0 bridgehead atoms. The Morgan fingerprint density at radius 3 is 2.38 bits per heavy atom. The summed E-state index contributed by atoms with van der Waals surface area (Å²) in [6.07, 6.45) is 3.30. The van der Waals surface area contributed by atoms with Crippen LogP contribution in [0.5, 0.6) is 0 Å². The van der Waals surface area contributed by atoms with Gasteiger partial charge in [-0.25, -0.2) is 4.79 Å². The maximum absolute atomic E-state index is 12.0. The van der Waals surface area contributed by atoms with E-state index in [1.54, 1.807) is 12.1 Å². The van der Waals surface area contributed by atoms with E-state index in [4.69, 9.17) is 16.7 Å². The molecule has 2 amide bonds. The fourth-order valence-electron chi connectivity index (χ4n) is 2.76. The first kappa shape index (κ1) is 15.6. The lowest BCUT2D eigenvalue weighted by atomic mass is 9.93. The molecular formula is C15H19ClN2O3. The molecule has 2 rings (SSSR count). The van der Waals surface area contributed by atoms with Crippen molar-refractivity contribution in [3.05, 3.63) is 34.9 Å². The van der Waals surface area contributed by atoms with Gasteiger partial charge in [-0.2, -0.15) is 0 Å². The highest BCUT2D eigenvalue weighted by Gasteiger charge is 2.37. The zero-order chi connectivity index (χ0) is 15.3. The first-order valence-electron chi connectivity index (χ1n) is 7.01. The number of nitrogens with one attached hydrogen (secondary N) is 2. The molecule has 6 heteroatoms. The van der Waals surface area contributed by atoms with Gasteiger partial charge in [0, 0.05) is 11.6 Å². The standard InChI is InChI=1S/C15H19ClN2O3/c16-12-5-3-11(4-6-12)10-17-14(21)18-15(9-13(19)20)7-1-2-8-15/h3-6H,1-2,7-10H2,(H,19,20)(H2,17,18,21). The summed E-state index contributed by atoms with van der Waals surface area (Å²) in [5.74, 6) is -0.880. The third-order valence-electron chi connectivity index (χ3n) is 3.80. The minimum Gasteiger partial charge on any atom is -0.481 e. The molecule has 0 heterocycles. The quantitative estimate of drug-likeness (QED) is 0.782. The molecule has 114 valence electrons. The van der Waals surface area contributed by atoms with Crippen LogP contribution in [-0.2, 0) is 11.3 Å². The number of hydrogen-bond acceptors (Lipinski definition) is 2. The lowest BCUT2D eigenvalue weighted by molar-refractivity contribution is -0.138. The summed E-state index contributed by atoms with van der Waals surface area (Å²) < 4.78 is 0. The summed E-state index contributed by atoms with van der Waals surface area (Å²) in [6.45, 7) is 0.381. The van der Waals surface area contributed by atoms with E-state index >= 15 is 0 Å². The summed E-state index contributed by atoms with van der Waals surface area (Å²) in [4.78, 5) is 23.0. The number of amides is 2. The summed E-state index contributed by atoms with van der Waals surface area (Å²) in [5.41, 5.74) is 0.337. The highest BCUT2D eigenvalue weighted by atomic mass is 35.5. The Bertz CT molecular complexity index is 510. The van der Waals surface area contributed by atoms with Crippen molar-refractivity contribution in [3.63, 3.8) is 0 Å². The van der Waals surface area contributed by atoms with Crippen molar-refractivity contribution in [1.29, 1.82) is 0 Å². The number of carbonyl (C=O) groups is 2. The van der Waals surface area contributed by atoms with Crippen LogP contribution in [0.2, 0.25) is 5.02 Å². The second-order valence-electron chi connectivity index (χ2n) is 5.49. The third kappa shape index (κ3) is 4.63. The Kier molecular flexibility index (Phi) is 5.07. The zero-order valence-electron chi connectivity index (χ0n) is 11.7. The van der Waals surface area contributed by atoms with Gasteiger partial charge in [0.1, 0.15) is 0 Å². The van der Waals surface area contributed by atoms with Gasteiger partial charge in [0.2, 0.25) is 0 Å². The maximum atomic E-state index is 12.0. The number of hydrogen-bond donors (Lipinski definition) is 3. The van der Waals surface area contributed by atoms with E-state index in [9.17, 15) is 9.59 Å². The summed E-state index contributed by atoms with van der Waals surface area (Å²) in [6, 6.07) is 6.88. The molecule has 5 nitrogen and oxygen atoms in total. The van der Waals surface area contributed by atoms with Crippen LogP contribution >= 0.6 is 11.6 Å². The van der Waals surface area contributed by atoms with Crippen LogP contribution in [0.25, 0.3) is 0 Å². The molecule has 0 aliphatic heterocycles. The van der Waals surface area contributed by atoms with Gasteiger partial charge >= 0.3 is 12.0 Å². The van der Waals surface area contributed by atoms with Crippen molar-refractivity contribution >= 4 is 23.6 Å². The Morgan fingerprint density at radius 2 is 1.81 bits per heavy atom. The molecule has 0 radical (unpaired) electrons. The molecule has 1 aliphatic carbocycles. The van der Waals surface area contributed by atoms with E-state index in [2.05, 4.69) is 10.6 Å². The van der Waals surface area contributed by atoms with Gasteiger partial charge in [-0.1, -0.05) is 36.6 Å². The fraction of sp³-hybridized carbons (Fsp3) is 0.467. The highest BCUT2D eigenvalue weighted by molar-refractivity contribution is 6.30. The summed E-state index contributed by atoms with van der Waals surface area (Å²) in [5, 5.41) is 15.3. The van der Waals surface area contributed by atoms with Crippen LogP contribution in [-0.4, -0.2) is 22.6 Å². The maximum Gasteiger partial charge on any atom is 0.315 e. The average Bonchev–Trinajstić information content (AvgIpc) is 2.85. The van der Waals surface area contributed by atoms with Crippen LogP contribution in [0.3, 0.4) is 0 Å². The van der Waals surface area contributed by atoms with Gasteiger partial charge in [-0.3, -0.25) is 4.79 Å². The molecule has 0 spiro atoms. The Hall–Kier alpha value is -1.75. The largest absolute Gasteiger partial charge is 0.481 e. The first-order chi connectivity index (χ1) is 9.99. The van der Waals surface area contributed by atoms with Gasteiger partial charge < -0.3 is 15.7 Å². The van der Waals surface area contributed by atoms with Crippen molar-refractivity contribution in [1.82, 2.24) is 10.6 Å². The fourth-order valence-corrected chi connectivity index (χ4v) is 2.88. The lowest BCUT2D eigenvalue weighted by Gasteiger charge is -2.28. The van der Waals surface area contributed by atoms with Crippen LogP contribution < -0.4 is 10.6 Å². The van der Waals surface area contributed by atoms with Crippen LogP contribution in [0.1, 0.15) is 37.7 Å². The van der Waals surface area contributed by atoms with E-state index in [0.717, 1.165) is 18.4 Å². The van der Waals surface area contributed by atoms with Crippen molar-refractivity contribution in [2.75, 3.05) is 0 Å². The molecule has 1 saturated carbocycles. The number of carboxylic acid groups (broad SMARTS) is 1. The number of halogens is 1. The SMILES string of the molecule is O=C(O)CC1(NC(=O)NCc2ccc(Cl)cc2)CCCC1. The second-order valence-corrected chi connectivity index (χ2v) is 5.93. The smallest absolute Gasteiger partial charge is 0.315 e. The van der Waals surface area contributed by atoms with Gasteiger partial charge in [-0.15, -0.1) is 0 Å². The predicted octanol–water partition coefficient (Wildman–Crippen LogP) is 2.93. The third-order valence-corrected chi connectivity index (χ3v) is 4.05. The molecule has 0 saturated heterocycles. The van der Waals surface area contributed by atoms with E-state index < -0.39 is 11.5 Å². The number of benzene rings is 1. The molecule has 3 N–H and O–H groups in total. The Morgan fingerprint density at radius 1 is 1.19 bits per heavy atom. The minimum absolute atomic E-state index is 0.0264. The van der Waals surface area contributed by atoms with Gasteiger partial charge in [0.05, 0.1) is 12.0 Å². The lowest BCUT2D eigenvalue weighted by Crippen LogP contribution is -2.51. The monoisotopic (exact) mass is 310 g/mol. The van der Waals surface area contributed by atoms with Crippen molar-refractivity contribution in [3.8, 4) is 0 Å². The Balaban J connectivity index is 1.87. The predicted molar refractivity (Wildman–Crippen MR) is 80.3 cm³/mol. The van der Waals surface area contributed by atoms with Crippen LogP contribution in [0.4, 0.5) is 4.79 Å². The van der Waals surface area contributed by atoms with E-state index in [0.29, 0.717) is 24.4 Å². The van der Waals surface area contributed by atoms with Crippen molar-refractivity contribution in [2.24, 2.45) is 0 Å². The highest BCUT2D eigenvalue weighted by Crippen LogP contribution is 2.32. The number of rotatable bonds is 5.